The van der Waals surface area contributed by atoms with Crippen LogP contribution >= 0.6 is 0 Å². The summed E-state index contributed by atoms with van der Waals surface area (Å²) < 4.78 is 0. The summed E-state index contributed by atoms with van der Waals surface area (Å²) in [6, 6.07) is 31.1. The molecule has 158 valence electrons. The maximum absolute atomic E-state index is 9.21. The summed E-state index contributed by atoms with van der Waals surface area (Å²) in [6.45, 7) is 4.91. The minimum atomic E-state index is -1.45. The minimum absolute atomic E-state index is 0.716. The van der Waals surface area contributed by atoms with Gasteiger partial charge in [0.05, 0.1) is 19.7 Å². The van der Waals surface area contributed by atoms with E-state index in [-0.39, 0.29) is 0 Å². The van der Waals surface area contributed by atoms with Gasteiger partial charge >= 0.3 is 0 Å². The Hall–Kier alpha value is -2.63. The predicted octanol–water partition coefficient (Wildman–Crippen LogP) is 7.78. The molecule has 0 aliphatic carbocycles. The molecule has 3 aromatic rings. The lowest BCUT2D eigenvalue weighted by Crippen LogP contribution is -2.47. The summed E-state index contributed by atoms with van der Waals surface area (Å²) in [5, 5.41) is 10.8. The zero-order chi connectivity index (χ0) is 21.7. The maximum Gasteiger partial charge on any atom is 0.0991 e. The van der Waals surface area contributed by atoms with Crippen molar-refractivity contribution in [2.75, 3.05) is 0 Å². The van der Waals surface area contributed by atoms with E-state index in [0.717, 1.165) is 5.92 Å². The van der Waals surface area contributed by atoms with Crippen LogP contribution in [0.2, 0.25) is 18.6 Å². The maximum atomic E-state index is 9.21. The van der Waals surface area contributed by atoms with Crippen LogP contribution < -0.4 is 5.19 Å². The van der Waals surface area contributed by atoms with Crippen molar-refractivity contribution in [1.82, 2.24) is 0 Å². The van der Waals surface area contributed by atoms with Crippen molar-refractivity contribution >= 4 is 13.3 Å². The summed E-state index contributed by atoms with van der Waals surface area (Å²) in [6.07, 6.45) is 6.95. The first-order valence-corrected chi connectivity index (χ1v) is 14.7. The van der Waals surface area contributed by atoms with Gasteiger partial charge in [-0.1, -0.05) is 124 Å². The number of unbranched alkanes of at least 4 members (excludes halogenated alkanes) is 1. The lowest BCUT2D eigenvalue weighted by Gasteiger charge is -2.36. The lowest BCUT2D eigenvalue weighted by atomic mass is 9.94. The van der Waals surface area contributed by atoms with Gasteiger partial charge in [0.15, 0.2) is 0 Å². The van der Waals surface area contributed by atoms with Crippen LogP contribution in [0.4, 0.5) is 0 Å². The summed E-state index contributed by atoms with van der Waals surface area (Å²) >= 11 is 0. The van der Waals surface area contributed by atoms with Gasteiger partial charge in [0, 0.05) is 0 Å². The molecular formula is C29H33NSi. The van der Waals surface area contributed by atoms with E-state index in [1.165, 1.54) is 66.4 Å². The van der Waals surface area contributed by atoms with Crippen molar-refractivity contribution in [1.29, 1.82) is 5.26 Å². The Balaban J connectivity index is 1.70. The minimum Gasteiger partial charge on any atom is -0.192 e. The second-order valence-corrected chi connectivity index (χ2v) is 14.2. The monoisotopic (exact) mass is 423 g/mol. The molecule has 0 spiro atoms. The number of nitrogens with zero attached hydrogens (tertiary/aromatic N) is 1. The smallest absolute Gasteiger partial charge is 0.0991 e. The molecule has 4 rings (SSSR count). The highest BCUT2D eigenvalue weighted by molar-refractivity contribution is 6.91. The summed E-state index contributed by atoms with van der Waals surface area (Å²) in [5.74, 6) is 0.946. The number of hydrogen-bond donors (Lipinski definition) is 0. The van der Waals surface area contributed by atoms with E-state index in [1.807, 2.05) is 12.1 Å². The van der Waals surface area contributed by atoms with Crippen LogP contribution in [0.3, 0.4) is 0 Å². The van der Waals surface area contributed by atoms with E-state index in [2.05, 4.69) is 80.2 Å². The third-order valence-corrected chi connectivity index (χ3v) is 11.8. The standard InChI is InChI=1S/C29H33NSi/c1-3-4-8-23-17-19-31(2,20-18-23)27-15-16-28(25-9-6-5-7-10-25)29(21-27)26-13-11-24(22-30)12-14-26/h5-7,9-16,21,23H,3-4,8,17-20H2,1-2H3. The highest BCUT2D eigenvalue weighted by atomic mass is 28.3. The van der Waals surface area contributed by atoms with Gasteiger partial charge in [-0.2, -0.15) is 5.26 Å². The van der Waals surface area contributed by atoms with E-state index in [9.17, 15) is 5.26 Å². The second-order valence-electron chi connectivity index (χ2n) is 9.46. The van der Waals surface area contributed by atoms with E-state index in [4.69, 9.17) is 0 Å². The fourth-order valence-electron chi connectivity index (χ4n) is 5.14. The molecule has 0 unspecified atom stereocenters. The summed E-state index contributed by atoms with van der Waals surface area (Å²) in [5.41, 5.74) is 5.75. The van der Waals surface area contributed by atoms with Gasteiger partial charge in [0.1, 0.15) is 0 Å². The molecule has 1 saturated heterocycles. The Bertz CT molecular complexity index is 1040. The van der Waals surface area contributed by atoms with Crippen LogP contribution in [0.25, 0.3) is 22.3 Å². The highest BCUT2D eigenvalue weighted by Gasteiger charge is 2.34. The van der Waals surface area contributed by atoms with Gasteiger partial charge in [0.2, 0.25) is 0 Å². The number of hydrogen-bond acceptors (Lipinski definition) is 1. The Morgan fingerprint density at radius 1 is 0.871 bits per heavy atom. The van der Waals surface area contributed by atoms with Gasteiger partial charge in [0.25, 0.3) is 0 Å². The molecule has 1 aliphatic heterocycles. The van der Waals surface area contributed by atoms with Crippen LogP contribution in [0.1, 0.15) is 44.6 Å². The average Bonchev–Trinajstić information content (AvgIpc) is 2.84. The number of benzene rings is 3. The van der Waals surface area contributed by atoms with Crippen molar-refractivity contribution < 1.29 is 0 Å². The van der Waals surface area contributed by atoms with Crippen molar-refractivity contribution in [3.05, 3.63) is 78.4 Å². The fourth-order valence-corrected chi connectivity index (χ4v) is 9.03. The van der Waals surface area contributed by atoms with Crippen molar-refractivity contribution in [3.8, 4) is 28.3 Å². The molecule has 1 aliphatic rings. The van der Waals surface area contributed by atoms with E-state index in [0.29, 0.717) is 5.56 Å². The van der Waals surface area contributed by atoms with Gasteiger partial charge in [-0.25, -0.2) is 0 Å². The quantitative estimate of drug-likeness (QED) is 0.371. The predicted molar refractivity (Wildman–Crippen MR) is 135 cm³/mol. The van der Waals surface area contributed by atoms with Crippen molar-refractivity contribution in [2.45, 2.75) is 57.7 Å². The fraction of sp³-hybridized carbons (Fsp3) is 0.345. The van der Waals surface area contributed by atoms with Crippen LogP contribution in [0, 0.1) is 17.2 Å². The molecule has 0 radical (unpaired) electrons. The summed E-state index contributed by atoms with van der Waals surface area (Å²) in [7, 11) is -1.45. The second kappa shape index (κ2) is 9.67. The third kappa shape index (κ3) is 4.83. The van der Waals surface area contributed by atoms with Gasteiger partial charge < -0.3 is 0 Å². The van der Waals surface area contributed by atoms with Crippen molar-refractivity contribution in [2.24, 2.45) is 5.92 Å². The van der Waals surface area contributed by atoms with Crippen LogP contribution in [0.5, 0.6) is 0 Å². The first-order valence-electron chi connectivity index (χ1n) is 11.8. The molecule has 0 amide bonds. The molecule has 0 bridgehead atoms. The zero-order valence-electron chi connectivity index (χ0n) is 18.9. The molecule has 3 aromatic carbocycles. The van der Waals surface area contributed by atoms with E-state index < -0.39 is 8.07 Å². The van der Waals surface area contributed by atoms with Crippen LogP contribution in [-0.2, 0) is 0 Å². The van der Waals surface area contributed by atoms with Gasteiger partial charge in [-0.3, -0.25) is 0 Å². The Morgan fingerprint density at radius 2 is 1.55 bits per heavy atom. The molecule has 1 fully saturated rings. The third-order valence-electron chi connectivity index (χ3n) is 7.30. The molecule has 31 heavy (non-hydrogen) atoms. The topological polar surface area (TPSA) is 23.8 Å². The molecule has 0 aromatic heterocycles. The SMILES string of the molecule is CCCCC1CC[Si](C)(c2ccc(-c3ccccc3)c(-c3ccc(C#N)cc3)c2)CC1. The Labute approximate surface area is 188 Å². The zero-order valence-corrected chi connectivity index (χ0v) is 19.9. The normalized spacial score (nSPS) is 20.9. The number of rotatable bonds is 6. The van der Waals surface area contributed by atoms with E-state index in [1.54, 1.807) is 5.19 Å². The molecule has 2 heteroatoms. The molecular weight excluding hydrogens is 390 g/mol. The van der Waals surface area contributed by atoms with Crippen LogP contribution in [-0.4, -0.2) is 8.07 Å². The van der Waals surface area contributed by atoms with Crippen molar-refractivity contribution in [3.63, 3.8) is 0 Å². The molecule has 1 heterocycles. The highest BCUT2D eigenvalue weighted by Crippen LogP contribution is 2.37. The molecule has 0 N–H and O–H groups in total. The molecule has 0 saturated carbocycles. The Morgan fingerprint density at radius 3 is 2.19 bits per heavy atom. The van der Waals surface area contributed by atoms with Gasteiger partial charge in [-0.05, 0) is 40.3 Å². The van der Waals surface area contributed by atoms with E-state index >= 15 is 0 Å². The summed E-state index contributed by atoms with van der Waals surface area (Å²) in [4.78, 5) is 0. The van der Waals surface area contributed by atoms with Crippen LogP contribution in [0.15, 0.2) is 72.8 Å². The lowest BCUT2D eigenvalue weighted by molar-refractivity contribution is 0.420. The average molecular weight is 424 g/mol. The number of nitriles is 1. The molecule has 1 nitrogen and oxygen atoms in total. The largest absolute Gasteiger partial charge is 0.192 e. The first kappa shape index (κ1) is 21.6. The Kier molecular flexibility index (Phi) is 6.73. The molecule has 0 atom stereocenters. The van der Waals surface area contributed by atoms with Gasteiger partial charge in [-0.15, -0.1) is 0 Å². The first-order chi connectivity index (χ1) is 15.1.